The van der Waals surface area contributed by atoms with E-state index in [1.54, 1.807) is 0 Å². The van der Waals surface area contributed by atoms with E-state index in [0.717, 1.165) is 11.5 Å². The molecule has 1 aromatic heterocycles. The molecule has 4 nitrogen and oxygen atoms in total. The van der Waals surface area contributed by atoms with Crippen molar-refractivity contribution < 1.29 is 0 Å². The van der Waals surface area contributed by atoms with Crippen molar-refractivity contribution in [2.75, 3.05) is 0 Å². The van der Waals surface area contributed by atoms with Crippen molar-refractivity contribution in [1.82, 2.24) is 9.59 Å². The van der Waals surface area contributed by atoms with E-state index in [-0.39, 0.29) is 18.2 Å². The Bertz CT molecular complexity index is 184. The Morgan fingerprint density at radius 3 is 2.67 bits per heavy atom. The maximum atomic E-state index is 6.86. The second kappa shape index (κ2) is 3.37. The minimum absolute atomic E-state index is 0. The lowest BCUT2D eigenvalue weighted by Gasteiger charge is -1.81. The average molecular weight is 165 g/mol. The highest BCUT2D eigenvalue weighted by Gasteiger charge is 1.95. The highest BCUT2D eigenvalue weighted by atomic mass is 35.5. The molecule has 0 aliphatic heterocycles. The van der Waals surface area contributed by atoms with Crippen LogP contribution in [0.1, 0.15) is 4.88 Å². The highest BCUT2D eigenvalue weighted by Crippen LogP contribution is 1.97. The summed E-state index contributed by atoms with van der Waals surface area (Å²) in [4.78, 5) is 0.616. The van der Waals surface area contributed by atoms with Crippen LogP contribution in [0.4, 0.5) is 0 Å². The molecule has 1 heterocycles. The summed E-state index contributed by atoms with van der Waals surface area (Å²) in [6.45, 7) is 0. The van der Waals surface area contributed by atoms with E-state index in [2.05, 4.69) is 9.59 Å². The van der Waals surface area contributed by atoms with Crippen LogP contribution in [-0.4, -0.2) is 15.4 Å². The maximum Gasteiger partial charge on any atom is 0.136 e. The summed E-state index contributed by atoms with van der Waals surface area (Å²) in [7, 11) is 0. The van der Waals surface area contributed by atoms with Crippen LogP contribution >= 0.6 is 23.9 Å². The Labute approximate surface area is 62.2 Å². The third-order valence-electron chi connectivity index (χ3n) is 0.627. The molecule has 0 fully saturated rings. The molecule has 3 N–H and O–H groups in total. The summed E-state index contributed by atoms with van der Waals surface area (Å²) in [6.07, 6.45) is 1.47. The SMILES string of the molecule is Cl.N=C(N)c1cnns1. The van der Waals surface area contributed by atoms with E-state index in [0.29, 0.717) is 4.88 Å². The fourth-order valence-electron chi connectivity index (χ4n) is 0.286. The molecule has 6 heteroatoms. The van der Waals surface area contributed by atoms with Gasteiger partial charge in [0.1, 0.15) is 10.7 Å². The first kappa shape index (κ1) is 8.32. The second-order valence-electron chi connectivity index (χ2n) is 1.20. The van der Waals surface area contributed by atoms with E-state index >= 15 is 0 Å². The van der Waals surface area contributed by atoms with Crippen LogP contribution in [0, 0.1) is 5.41 Å². The minimum Gasteiger partial charge on any atom is -0.383 e. The van der Waals surface area contributed by atoms with Gasteiger partial charge < -0.3 is 5.73 Å². The molecule has 0 saturated heterocycles. The van der Waals surface area contributed by atoms with E-state index in [4.69, 9.17) is 11.1 Å². The molecule has 0 aliphatic rings. The molecular formula is C3H5ClN4S. The lowest BCUT2D eigenvalue weighted by molar-refractivity contribution is 1.15. The molecule has 0 aliphatic carbocycles. The van der Waals surface area contributed by atoms with Crippen LogP contribution < -0.4 is 5.73 Å². The van der Waals surface area contributed by atoms with Gasteiger partial charge in [-0.25, -0.2) is 0 Å². The summed E-state index contributed by atoms with van der Waals surface area (Å²) in [5, 5.41) is 10.4. The monoisotopic (exact) mass is 164 g/mol. The molecule has 0 bridgehead atoms. The average Bonchev–Trinajstić information content (AvgIpc) is 2.12. The largest absolute Gasteiger partial charge is 0.383 e. The van der Waals surface area contributed by atoms with Crippen LogP contribution in [0.2, 0.25) is 0 Å². The molecule has 0 radical (unpaired) electrons. The predicted octanol–water partition coefficient (Wildman–Crippen LogP) is 0.244. The van der Waals surface area contributed by atoms with Crippen molar-refractivity contribution >= 4 is 29.8 Å². The second-order valence-corrected chi connectivity index (χ2v) is 1.98. The topological polar surface area (TPSA) is 75.7 Å². The Balaban J connectivity index is 0.000000640. The Morgan fingerprint density at radius 2 is 2.44 bits per heavy atom. The number of nitrogen functional groups attached to an aromatic ring is 1. The molecule has 0 aromatic carbocycles. The molecule has 0 unspecified atom stereocenters. The zero-order valence-electron chi connectivity index (χ0n) is 4.37. The number of rotatable bonds is 1. The first-order chi connectivity index (χ1) is 3.80. The van der Waals surface area contributed by atoms with Crippen LogP contribution in [-0.2, 0) is 0 Å². The van der Waals surface area contributed by atoms with Gasteiger partial charge in [-0.15, -0.1) is 17.5 Å². The molecule has 9 heavy (non-hydrogen) atoms. The molecule has 0 atom stereocenters. The molecule has 0 amide bonds. The van der Waals surface area contributed by atoms with Gasteiger partial charge in [-0.1, -0.05) is 4.49 Å². The van der Waals surface area contributed by atoms with Crippen molar-refractivity contribution in [1.29, 1.82) is 5.41 Å². The highest BCUT2D eigenvalue weighted by molar-refractivity contribution is 7.07. The number of hydrogen-bond acceptors (Lipinski definition) is 4. The Morgan fingerprint density at radius 1 is 1.78 bits per heavy atom. The fraction of sp³-hybridized carbons (Fsp3) is 0. The first-order valence-corrected chi connectivity index (χ1v) is 2.70. The number of halogens is 1. The van der Waals surface area contributed by atoms with Gasteiger partial charge in [-0.05, 0) is 11.5 Å². The quantitative estimate of drug-likeness (QED) is 0.461. The summed E-state index contributed by atoms with van der Waals surface area (Å²) in [6, 6.07) is 0. The van der Waals surface area contributed by atoms with Gasteiger partial charge in [-0.3, -0.25) is 5.41 Å². The number of hydrogen-bond donors (Lipinski definition) is 2. The van der Waals surface area contributed by atoms with Crippen LogP contribution in [0.15, 0.2) is 6.20 Å². The first-order valence-electron chi connectivity index (χ1n) is 1.92. The van der Waals surface area contributed by atoms with Crippen molar-refractivity contribution in [3.63, 3.8) is 0 Å². The van der Waals surface area contributed by atoms with Crippen LogP contribution in [0.25, 0.3) is 0 Å². The third kappa shape index (κ3) is 1.95. The Hall–Kier alpha value is -0.680. The maximum absolute atomic E-state index is 6.86. The number of amidine groups is 1. The smallest absolute Gasteiger partial charge is 0.136 e. The summed E-state index contributed by atoms with van der Waals surface area (Å²) in [5.41, 5.74) is 5.07. The van der Waals surface area contributed by atoms with E-state index < -0.39 is 0 Å². The van der Waals surface area contributed by atoms with Crippen molar-refractivity contribution in [3.05, 3.63) is 11.1 Å². The fourth-order valence-corrected chi connectivity index (χ4v) is 0.661. The molecule has 1 aromatic rings. The predicted molar refractivity (Wildman–Crippen MR) is 38.2 cm³/mol. The van der Waals surface area contributed by atoms with E-state index in [1.807, 2.05) is 0 Å². The van der Waals surface area contributed by atoms with Crippen LogP contribution in [0.3, 0.4) is 0 Å². The van der Waals surface area contributed by atoms with Gasteiger partial charge in [0.25, 0.3) is 0 Å². The third-order valence-corrected chi connectivity index (χ3v) is 1.32. The zero-order valence-corrected chi connectivity index (χ0v) is 6.00. The van der Waals surface area contributed by atoms with Crippen molar-refractivity contribution in [2.24, 2.45) is 5.73 Å². The van der Waals surface area contributed by atoms with Gasteiger partial charge in [0.15, 0.2) is 0 Å². The van der Waals surface area contributed by atoms with E-state index in [9.17, 15) is 0 Å². The Kier molecular flexibility index (Phi) is 3.11. The molecule has 50 valence electrons. The van der Waals surface area contributed by atoms with E-state index in [1.165, 1.54) is 6.20 Å². The minimum atomic E-state index is 0. The number of nitrogens with zero attached hydrogens (tertiary/aromatic N) is 2. The van der Waals surface area contributed by atoms with Crippen molar-refractivity contribution in [2.45, 2.75) is 0 Å². The lowest BCUT2D eigenvalue weighted by Crippen LogP contribution is -2.08. The summed E-state index contributed by atoms with van der Waals surface area (Å²) >= 11 is 1.12. The van der Waals surface area contributed by atoms with Gasteiger partial charge in [-0.2, -0.15) is 0 Å². The summed E-state index contributed by atoms with van der Waals surface area (Å²) < 4.78 is 3.51. The molecular weight excluding hydrogens is 160 g/mol. The summed E-state index contributed by atoms with van der Waals surface area (Å²) in [5.74, 6) is 0.0278. The van der Waals surface area contributed by atoms with Gasteiger partial charge in [0.2, 0.25) is 0 Å². The number of nitrogens with one attached hydrogen (secondary N) is 1. The molecule has 0 saturated carbocycles. The lowest BCUT2D eigenvalue weighted by atomic mass is 10.5. The number of nitrogens with two attached hydrogens (primary N) is 1. The standard InChI is InChI=1S/C3H4N4S.ClH/c4-3(5)2-1-6-7-8-2;/h1H,(H3,4,5);1H. The van der Waals surface area contributed by atoms with Crippen molar-refractivity contribution in [3.8, 4) is 0 Å². The normalized spacial score (nSPS) is 8.00. The molecule has 0 spiro atoms. The van der Waals surface area contributed by atoms with Gasteiger partial charge >= 0.3 is 0 Å². The molecule has 1 rings (SSSR count). The van der Waals surface area contributed by atoms with Gasteiger partial charge in [0, 0.05) is 0 Å². The van der Waals surface area contributed by atoms with Crippen LogP contribution in [0.5, 0.6) is 0 Å². The van der Waals surface area contributed by atoms with Gasteiger partial charge in [0.05, 0.1) is 6.20 Å². The number of aromatic nitrogens is 2. The zero-order chi connectivity index (χ0) is 5.98.